The number of nitrogens with zero attached hydrogens (tertiary/aromatic N) is 3. The van der Waals surface area contributed by atoms with Crippen LogP contribution in [0, 0.1) is 0 Å². The number of hydrogen-bond acceptors (Lipinski definition) is 4. The number of halogens is 1. The normalized spacial score (nSPS) is 11.4. The lowest BCUT2D eigenvalue weighted by molar-refractivity contribution is 0.101. The van der Waals surface area contributed by atoms with Gasteiger partial charge in [-0.15, -0.1) is 5.10 Å². The lowest BCUT2D eigenvalue weighted by atomic mass is 9.96. The zero-order valence-corrected chi connectivity index (χ0v) is 12.4. The molecule has 2 N–H and O–H groups in total. The van der Waals surface area contributed by atoms with E-state index in [0.29, 0.717) is 11.6 Å². The molecule has 0 radical (unpaired) electrons. The summed E-state index contributed by atoms with van der Waals surface area (Å²) in [4.78, 5) is 20.2. The van der Waals surface area contributed by atoms with Gasteiger partial charge in [0.2, 0.25) is 5.82 Å². The van der Waals surface area contributed by atoms with Gasteiger partial charge in [-0.25, -0.2) is 9.97 Å². The van der Waals surface area contributed by atoms with Gasteiger partial charge in [-0.2, -0.15) is 0 Å². The first-order valence-corrected chi connectivity index (χ1v) is 6.51. The number of aromatic nitrogens is 4. The summed E-state index contributed by atoms with van der Waals surface area (Å²) in [5, 5.41) is 9.32. The first-order valence-electron chi connectivity index (χ1n) is 5.72. The molecule has 0 aliphatic rings. The molecule has 0 saturated heterocycles. The van der Waals surface area contributed by atoms with Crippen molar-refractivity contribution in [2.75, 3.05) is 5.32 Å². The maximum Gasteiger partial charge on any atom is 0.296 e. The fraction of sp³-hybridized carbons (Fsp3) is 0.333. The highest BCUT2D eigenvalue weighted by atomic mass is 79.9. The van der Waals surface area contributed by atoms with E-state index in [0.717, 1.165) is 4.47 Å². The minimum atomic E-state index is -0.387. The quantitative estimate of drug-likeness (QED) is 0.889. The number of pyridine rings is 1. The Morgan fingerprint density at radius 1 is 1.37 bits per heavy atom. The summed E-state index contributed by atoms with van der Waals surface area (Å²) < 4.78 is 0.846. The van der Waals surface area contributed by atoms with Gasteiger partial charge < -0.3 is 5.32 Å². The van der Waals surface area contributed by atoms with E-state index in [9.17, 15) is 4.79 Å². The molecule has 0 aliphatic carbocycles. The second kappa shape index (κ2) is 5.08. The highest BCUT2D eigenvalue weighted by molar-refractivity contribution is 9.10. The summed E-state index contributed by atoms with van der Waals surface area (Å²) in [7, 11) is 0. The average molecular weight is 324 g/mol. The van der Waals surface area contributed by atoms with Crippen LogP contribution in [0.3, 0.4) is 0 Å². The smallest absolute Gasteiger partial charge is 0.296 e. The molecular formula is C12H14BrN5O. The van der Waals surface area contributed by atoms with Gasteiger partial charge in [-0.3, -0.25) is 9.89 Å². The molecule has 2 aromatic rings. The van der Waals surface area contributed by atoms with Gasteiger partial charge in [0, 0.05) is 16.1 Å². The molecule has 7 heteroatoms. The largest absolute Gasteiger partial charge is 0.304 e. The summed E-state index contributed by atoms with van der Waals surface area (Å²) in [5.74, 6) is 0.841. The van der Waals surface area contributed by atoms with Gasteiger partial charge in [0.15, 0.2) is 0 Å². The Morgan fingerprint density at radius 3 is 2.63 bits per heavy atom. The van der Waals surface area contributed by atoms with Gasteiger partial charge >= 0.3 is 0 Å². The van der Waals surface area contributed by atoms with Crippen LogP contribution in [0.15, 0.2) is 22.8 Å². The number of amides is 1. The van der Waals surface area contributed by atoms with Gasteiger partial charge in [-0.1, -0.05) is 20.8 Å². The zero-order chi connectivity index (χ0) is 14.0. The first kappa shape index (κ1) is 13.7. The van der Waals surface area contributed by atoms with Crippen LogP contribution in [-0.4, -0.2) is 26.1 Å². The molecule has 0 atom stereocenters. The van der Waals surface area contributed by atoms with Crippen molar-refractivity contribution >= 4 is 27.7 Å². The van der Waals surface area contributed by atoms with Gasteiger partial charge in [0.05, 0.1) is 0 Å². The third-order valence-electron chi connectivity index (χ3n) is 2.37. The Bertz CT molecular complexity index is 585. The van der Waals surface area contributed by atoms with Crippen LogP contribution < -0.4 is 5.32 Å². The molecule has 1 amide bonds. The lowest BCUT2D eigenvalue weighted by Crippen LogP contribution is -2.16. The average Bonchev–Trinajstić information content (AvgIpc) is 2.81. The second-order valence-electron chi connectivity index (χ2n) is 5.07. The van der Waals surface area contributed by atoms with Crippen LogP contribution in [0.2, 0.25) is 0 Å². The second-order valence-corrected chi connectivity index (χ2v) is 5.99. The number of H-pyrrole nitrogens is 1. The van der Waals surface area contributed by atoms with E-state index in [1.165, 1.54) is 0 Å². The number of carbonyl (C=O) groups excluding carboxylic acids is 1. The standard InChI is InChI=1S/C12H14BrN5O/c1-12(2,3)11-16-9(17-18-11)10(19)15-8-5-4-7(13)6-14-8/h4-6H,1-3H3,(H,14,15,19)(H,16,17,18). The monoisotopic (exact) mass is 323 g/mol. The van der Waals surface area contributed by atoms with Crippen LogP contribution >= 0.6 is 15.9 Å². The van der Waals surface area contributed by atoms with E-state index in [-0.39, 0.29) is 17.1 Å². The summed E-state index contributed by atoms with van der Waals surface area (Å²) in [6.07, 6.45) is 1.61. The molecule has 19 heavy (non-hydrogen) atoms. The fourth-order valence-corrected chi connectivity index (χ4v) is 1.56. The van der Waals surface area contributed by atoms with E-state index < -0.39 is 0 Å². The molecular weight excluding hydrogens is 310 g/mol. The molecule has 2 heterocycles. The molecule has 2 aromatic heterocycles. The molecule has 0 aliphatic heterocycles. The molecule has 100 valence electrons. The highest BCUT2D eigenvalue weighted by Crippen LogP contribution is 2.17. The molecule has 0 unspecified atom stereocenters. The number of carbonyl (C=O) groups is 1. The SMILES string of the molecule is CC(C)(C)c1nc(C(=O)Nc2ccc(Br)cn2)n[nH]1. The molecule has 0 fully saturated rings. The van der Waals surface area contributed by atoms with E-state index in [1.807, 2.05) is 20.8 Å². The Hall–Kier alpha value is -1.76. The number of hydrogen-bond donors (Lipinski definition) is 2. The fourth-order valence-electron chi connectivity index (χ4n) is 1.32. The maximum absolute atomic E-state index is 11.9. The number of nitrogens with one attached hydrogen (secondary N) is 2. The Labute approximate surface area is 119 Å². The van der Waals surface area contributed by atoms with E-state index in [1.54, 1.807) is 18.3 Å². The Kier molecular flexibility index (Phi) is 3.66. The van der Waals surface area contributed by atoms with Crippen molar-refractivity contribution in [2.45, 2.75) is 26.2 Å². The van der Waals surface area contributed by atoms with E-state index in [2.05, 4.69) is 41.4 Å². The molecule has 0 saturated carbocycles. The zero-order valence-electron chi connectivity index (χ0n) is 10.9. The van der Waals surface area contributed by atoms with Crippen molar-refractivity contribution < 1.29 is 4.79 Å². The summed E-state index contributed by atoms with van der Waals surface area (Å²) >= 11 is 3.28. The van der Waals surface area contributed by atoms with Crippen LogP contribution in [0.5, 0.6) is 0 Å². The molecule has 0 bridgehead atoms. The number of rotatable bonds is 2. The van der Waals surface area contributed by atoms with Crippen molar-refractivity contribution in [3.63, 3.8) is 0 Å². The predicted octanol–water partition coefficient (Wildman–Crippen LogP) is 2.51. The minimum Gasteiger partial charge on any atom is -0.304 e. The van der Waals surface area contributed by atoms with Crippen LogP contribution in [0.1, 0.15) is 37.2 Å². The molecule has 0 aromatic carbocycles. The summed E-state index contributed by atoms with van der Waals surface area (Å²) in [6.45, 7) is 5.97. The Balaban J connectivity index is 2.12. The molecule has 6 nitrogen and oxygen atoms in total. The number of aromatic amines is 1. The topological polar surface area (TPSA) is 83.6 Å². The third-order valence-corrected chi connectivity index (χ3v) is 2.84. The first-order chi connectivity index (χ1) is 8.86. The van der Waals surface area contributed by atoms with E-state index in [4.69, 9.17) is 0 Å². The van der Waals surface area contributed by atoms with Crippen molar-refractivity contribution in [1.29, 1.82) is 0 Å². The minimum absolute atomic E-state index is 0.106. The van der Waals surface area contributed by atoms with Crippen LogP contribution in [0.4, 0.5) is 5.82 Å². The van der Waals surface area contributed by atoms with Crippen molar-refractivity contribution in [3.8, 4) is 0 Å². The third kappa shape index (κ3) is 3.37. The van der Waals surface area contributed by atoms with Crippen LogP contribution in [-0.2, 0) is 5.41 Å². The molecule has 0 spiro atoms. The van der Waals surface area contributed by atoms with E-state index >= 15 is 0 Å². The summed E-state index contributed by atoms with van der Waals surface area (Å²) in [5.41, 5.74) is -0.179. The van der Waals surface area contributed by atoms with Crippen molar-refractivity contribution in [1.82, 2.24) is 20.2 Å². The highest BCUT2D eigenvalue weighted by Gasteiger charge is 2.21. The lowest BCUT2D eigenvalue weighted by Gasteiger charge is -2.12. The van der Waals surface area contributed by atoms with Gasteiger partial charge in [0.25, 0.3) is 5.91 Å². The molecule has 2 rings (SSSR count). The van der Waals surface area contributed by atoms with Gasteiger partial charge in [0.1, 0.15) is 11.6 Å². The van der Waals surface area contributed by atoms with Crippen LogP contribution in [0.25, 0.3) is 0 Å². The maximum atomic E-state index is 11.9. The number of anilines is 1. The van der Waals surface area contributed by atoms with Crippen molar-refractivity contribution in [2.24, 2.45) is 0 Å². The van der Waals surface area contributed by atoms with Gasteiger partial charge in [-0.05, 0) is 28.1 Å². The predicted molar refractivity (Wildman–Crippen MR) is 75.0 cm³/mol. The summed E-state index contributed by atoms with van der Waals surface area (Å²) in [6, 6.07) is 3.49. The Morgan fingerprint density at radius 2 is 2.11 bits per heavy atom. The van der Waals surface area contributed by atoms with Crippen molar-refractivity contribution in [3.05, 3.63) is 34.5 Å².